The lowest BCUT2D eigenvalue weighted by molar-refractivity contribution is 0.0946. The van der Waals surface area contributed by atoms with E-state index >= 15 is 0 Å². The van der Waals surface area contributed by atoms with Crippen molar-refractivity contribution in [3.8, 4) is 5.75 Å². The number of benzene rings is 1. The summed E-state index contributed by atoms with van der Waals surface area (Å²) in [6.45, 7) is 2.11. The smallest absolute Gasteiger partial charge is 0.255 e. The van der Waals surface area contributed by atoms with E-state index in [0.29, 0.717) is 29.0 Å². The SMILES string of the molecule is COc1c(N)cccc1C(=O)NC1CC1C. The van der Waals surface area contributed by atoms with Gasteiger partial charge in [0.1, 0.15) is 0 Å². The highest BCUT2D eigenvalue weighted by atomic mass is 16.5. The van der Waals surface area contributed by atoms with Crippen LogP contribution in [-0.2, 0) is 0 Å². The van der Waals surface area contributed by atoms with Crippen molar-refractivity contribution in [2.45, 2.75) is 19.4 Å². The van der Waals surface area contributed by atoms with Crippen LogP contribution in [0, 0.1) is 5.92 Å². The van der Waals surface area contributed by atoms with Crippen LogP contribution in [-0.4, -0.2) is 19.1 Å². The molecule has 1 aromatic rings. The lowest BCUT2D eigenvalue weighted by atomic mass is 10.1. The van der Waals surface area contributed by atoms with Gasteiger partial charge in [0, 0.05) is 6.04 Å². The number of rotatable bonds is 3. The number of nitrogens with two attached hydrogens (primary N) is 1. The van der Waals surface area contributed by atoms with Crippen molar-refractivity contribution in [2.24, 2.45) is 5.92 Å². The summed E-state index contributed by atoms with van der Waals surface area (Å²) in [5, 5.41) is 2.95. The molecule has 1 saturated carbocycles. The molecule has 1 fully saturated rings. The molecule has 2 rings (SSSR count). The quantitative estimate of drug-likeness (QED) is 0.757. The van der Waals surface area contributed by atoms with Gasteiger partial charge in [-0.25, -0.2) is 0 Å². The summed E-state index contributed by atoms with van der Waals surface area (Å²) in [7, 11) is 1.52. The predicted octanol–water partition coefficient (Wildman–Crippen LogP) is 1.42. The molecule has 3 N–H and O–H groups in total. The van der Waals surface area contributed by atoms with Gasteiger partial charge in [-0.05, 0) is 24.5 Å². The van der Waals surface area contributed by atoms with Gasteiger partial charge >= 0.3 is 0 Å². The van der Waals surface area contributed by atoms with Crippen LogP contribution in [0.1, 0.15) is 23.7 Å². The average molecular weight is 220 g/mol. The van der Waals surface area contributed by atoms with Crippen molar-refractivity contribution < 1.29 is 9.53 Å². The molecule has 1 aliphatic rings. The molecule has 4 nitrogen and oxygen atoms in total. The molecule has 0 radical (unpaired) electrons. The topological polar surface area (TPSA) is 64.3 Å². The van der Waals surface area contributed by atoms with Gasteiger partial charge in [-0.1, -0.05) is 13.0 Å². The second kappa shape index (κ2) is 4.04. The van der Waals surface area contributed by atoms with Crippen molar-refractivity contribution in [3.63, 3.8) is 0 Å². The summed E-state index contributed by atoms with van der Waals surface area (Å²) in [5.74, 6) is 0.919. The fraction of sp³-hybridized carbons (Fsp3) is 0.417. The third-order valence-electron chi connectivity index (χ3n) is 2.92. The van der Waals surface area contributed by atoms with Gasteiger partial charge in [-0.15, -0.1) is 0 Å². The molecule has 0 aromatic heterocycles. The van der Waals surface area contributed by atoms with Crippen molar-refractivity contribution in [3.05, 3.63) is 23.8 Å². The highest BCUT2D eigenvalue weighted by Gasteiger charge is 2.34. The molecule has 86 valence electrons. The molecule has 1 aliphatic carbocycles. The van der Waals surface area contributed by atoms with Crippen LogP contribution in [0.25, 0.3) is 0 Å². The van der Waals surface area contributed by atoms with Gasteiger partial charge in [0.25, 0.3) is 5.91 Å². The zero-order valence-corrected chi connectivity index (χ0v) is 9.49. The summed E-state index contributed by atoms with van der Waals surface area (Å²) in [6.07, 6.45) is 1.05. The largest absolute Gasteiger partial charge is 0.494 e. The Balaban J connectivity index is 2.18. The third kappa shape index (κ3) is 1.96. The summed E-state index contributed by atoms with van der Waals surface area (Å²) in [4.78, 5) is 11.9. The number of nitrogens with one attached hydrogen (secondary N) is 1. The third-order valence-corrected chi connectivity index (χ3v) is 2.92. The van der Waals surface area contributed by atoms with Crippen LogP contribution in [0.5, 0.6) is 5.75 Å². The summed E-state index contributed by atoms with van der Waals surface area (Å²) in [6, 6.07) is 5.49. The van der Waals surface area contributed by atoms with E-state index in [0.717, 1.165) is 6.42 Å². The standard InChI is InChI=1S/C12H16N2O2/c1-7-6-10(7)14-12(15)8-4-3-5-9(13)11(8)16-2/h3-5,7,10H,6,13H2,1-2H3,(H,14,15). The fourth-order valence-corrected chi connectivity index (χ4v) is 1.73. The molecule has 16 heavy (non-hydrogen) atoms. The number of nitrogen functional groups attached to an aromatic ring is 1. The number of amides is 1. The lowest BCUT2D eigenvalue weighted by Crippen LogP contribution is -2.27. The van der Waals surface area contributed by atoms with Crippen LogP contribution in [0.15, 0.2) is 18.2 Å². The van der Waals surface area contributed by atoms with E-state index in [1.807, 2.05) is 0 Å². The normalized spacial score (nSPS) is 22.6. The maximum absolute atomic E-state index is 11.9. The van der Waals surface area contributed by atoms with Crippen LogP contribution >= 0.6 is 0 Å². The predicted molar refractivity (Wildman–Crippen MR) is 62.4 cm³/mol. The van der Waals surface area contributed by atoms with Gasteiger partial charge in [0.15, 0.2) is 5.75 Å². The molecule has 0 aliphatic heterocycles. The van der Waals surface area contributed by atoms with Gasteiger partial charge < -0.3 is 15.8 Å². The maximum atomic E-state index is 11.9. The lowest BCUT2D eigenvalue weighted by Gasteiger charge is -2.10. The van der Waals surface area contributed by atoms with E-state index in [2.05, 4.69) is 12.2 Å². The number of anilines is 1. The molecule has 0 bridgehead atoms. The van der Waals surface area contributed by atoms with E-state index in [1.54, 1.807) is 18.2 Å². The monoisotopic (exact) mass is 220 g/mol. The first kappa shape index (κ1) is 10.8. The molecule has 0 heterocycles. The Morgan fingerprint density at radius 3 is 2.81 bits per heavy atom. The van der Waals surface area contributed by atoms with Gasteiger partial charge in [0.2, 0.25) is 0 Å². The Kier molecular flexibility index (Phi) is 2.73. The van der Waals surface area contributed by atoms with E-state index in [-0.39, 0.29) is 5.91 Å². The number of methoxy groups -OCH3 is 1. The molecule has 2 atom stereocenters. The van der Waals surface area contributed by atoms with Crippen molar-refractivity contribution in [2.75, 3.05) is 12.8 Å². The highest BCUT2D eigenvalue weighted by molar-refractivity contribution is 5.98. The van der Waals surface area contributed by atoms with Gasteiger partial charge in [0.05, 0.1) is 18.4 Å². The zero-order valence-electron chi connectivity index (χ0n) is 9.49. The number of hydrogen-bond donors (Lipinski definition) is 2. The Labute approximate surface area is 94.8 Å². The Bertz CT molecular complexity index is 417. The van der Waals surface area contributed by atoms with E-state index in [9.17, 15) is 4.79 Å². The number of carbonyl (C=O) groups excluding carboxylic acids is 1. The maximum Gasteiger partial charge on any atom is 0.255 e. The molecule has 1 aromatic carbocycles. The van der Waals surface area contributed by atoms with Crippen LogP contribution in [0.2, 0.25) is 0 Å². The van der Waals surface area contributed by atoms with Crippen LogP contribution in [0.3, 0.4) is 0 Å². The van der Waals surface area contributed by atoms with E-state index in [4.69, 9.17) is 10.5 Å². The fourth-order valence-electron chi connectivity index (χ4n) is 1.73. The molecule has 0 saturated heterocycles. The summed E-state index contributed by atoms with van der Waals surface area (Å²) in [5.41, 5.74) is 6.73. The van der Waals surface area contributed by atoms with Gasteiger partial charge in [-0.3, -0.25) is 4.79 Å². The Morgan fingerprint density at radius 1 is 1.56 bits per heavy atom. The number of carbonyl (C=O) groups is 1. The van der Waals surface area contributed by atoms with E-state index in [1.165, 1.54) is 7.11 Å². The minimum atomic E-state index is -0.112. The number of ether oxygens (including phenoxy) is 1. The Morgan fingerprint density at radius 2 is 2.25 bits per heavy atom. The summed E-state index contributed by atoms with van der Waals surface area (Å²) < 4.78 is 5.14. The minimum Gasteiger partial charge on any atom is -0.494 e. The molecule has 2 unspecified atom stereocenters. The first-order chi connectivity index (χ1) is 7.63. The molecular formula is C12H16N2O2. The highest BCUT2D eigenvalue weighted by Crippen LogP contribution is 2.31. The molecule has 1 amide bonds. The molecular weight excluding hydrogens is 204 g/mol. The summed E-state index contributed by atoms with van der Waals surface area (Å²) >= 11 is 0. The minimum absolute atomic E-state index is 0.112. The first-order valence-electron chi connectivity index (χ1n) is 5.37. The number of hydrogen-bond acceptors (Lipinski definition) is 3. The zero-order chi connectivity index (χ0) is 11.7. The molecule has 0 spiro atoms. The van der Waals surface area contributed by atoms with Crippen LogP contribution in [0.4, 0.5) is 5.69 Å². The molecule has 4 heteroatoms. The van der Waals surface area contributed by atoms with Gasteiger partial charge in [-0.2, -0.15) is 0 Å². The van der Waals surface area contributed by atoms with E-state index < -0.39 is 0 Å². The first-order valence-corrected chi connectivity index (χ1v) is 5.37. The van der Waals surface area contributed by atoms with Crippen molar-refractivity contribution in [1.82, 2.24) is 5.32 Å². The van der Waals surface area contributed by atoms with Crippen molar-refractivity contribution in [1.29, 1.82) is 0 Å². The van der Waals surface area contributed by atoms with Crippen LogP contribution < -0.4 is 15.8 Å². The second-order valence-corrected chi connectivity index (χ2v) is 4.22. The Hall–Kier alpha value is -1.71. The van der Waals surface area contributed by atoms with Crippen molar-refractivity contribution >= 4 is 11.6 Å². The number of para-hydroxylation sites is 1. The second-order valence-electron chi connectivity index (χ2n) is 4.22. The average Bonchev–Trinajstić information content (AvgIpc) is 2.93.